The normalized spacial score (nSPS) is 10.3. The van der Waals surface area contributed by atoms with Crippen LogP contribution in [0.2, 0.25) is 0 Å². The van der Waals surface area contributed by atoms with Crippen LogP contribution in [0.15, 0.2) is 39.5 Å². The molecule has 1 N–H and O–H groups in total. The maximum atomic E-state index is 11.7. The fourth-order valence-electron chi connectivity index (χ4n) is 1.56. The summed E-state index contributed by atoms with van der Waals surface area (Å²) in [6, 6.07) is 5.58. The number of hydrogen-bond acceptors (Lipinski definition) is 3. The number of amides is 1. The van der Waals surface area contributed by atoms with Gasteiger partial charge in [-0.2, -0.15) is 0 Å². The number of nitrogens with one attached hydrogen (secondary N) is 1. The van der Waals surface area contributed by atoms with Gasteiger partial charge in [0.1, 0.15) is 11.6 Å². The van der Waals surface area contributed by atoms with Gasteiger partial charge in [0.05, 0.1) is 6.26 Å². The summed E-state index contributed by atoms with van der Waals surface area (Å²) in [4.78, 5) is 15.9. The van der Waals surface area contributed by atoms with E-state index in [9.17, 15) is 4.79 Å². The Kier molecular flexibility index (Phi) is 4.15. The molecule has 0 atom stereocenters. The Morgan fingerprint density at radius 1 is 1.56 bits per heavy atom. The van der Waals surface area contributed by atoms with Crippen molar-refractivity contribution in [1.29, 1.82) is 0 Å². The van der Waals surface area contributed by atoms with Crippen LogP contribution in [0.25, 0.3) is 0 Å². The molecule has 0 unspecified atom stereocenters. The molecule has 94 valence electrons. The van der Waals surface area contributed by atoms with Crippen LogP contribution >= 0.6 is 15.9 Å². The number of pyridine rings is 1. The summed E-state index contributed by atoms with van der Waals surface area (Å²) in [5.74, 6) is 1.35. The monoisotopic (exact) mass is 308 g/mol. The Morgan fingerprint density at radius 2 is 2.39 bits per heavy atom. The third kappa shape index (κ3) is 3.43. The molecule has 4 nitrogen and oxygen atoms in total. The van der Waals surface area contributed by atoms with Crippen molar-refractivity contribution in [2.24, 2.45) is 0 Å². The first-order valence-corrected chi connectivity index (χ1v) is 6.39. The quantitative estimate of drug-likeness (QED) is 0.942. The number of nitrogens with zero attached hydrogens (tertiary/aromatic N) is 1. The number of halogens is 1. The van der Waals surface area contributed by atoms with Crippen molar-refractivity contribution in [3.8, 4) is 0 Å². The van der Waals surface area contributed by atoms with E-state index in [2.05, 4.69) is 26.2 Å². The van der Waals surface area contributed by atoms with E-state index in [0.717, 1.165) is 15.8 Å². The zero-order chi connectivity index (χ0) is 13.0. The molecule has 0 saturated carbocycles. The molecule has 18 heavy (non-hydrogen) atoms. The Bertz CT molecular complexity index is 538. The van der Waals surface area contributed by atoms with Gasteiger partial charge in [-0.1, -0.05) is 0 Å². The van der Waals surface area contributed by atoms with Gasteiger partial charge in [-0.25, -0.2) is 4.98 Å². The van der Waals surface area contributed by atoms with Crippen LogP contribution in [0.3, 0.4) is 0 Å². The second-order valence-corrected chi connectivity index (χ2v) is 4.86. The number of aryl methyl sites for hydroxylation is 2. The molecule has 0 saturated heterocycles. The molecule has 0 bridgehead atoms. The maximum Gasteiger partial charge on any atom is 0.225 e. The van der Waals surface area contributed by atoms with Crippen molar-refractivity contribution in [2.45, 2.75) is 19.8 Å². The molecule has 0 radical (unpaired) electrons. The SMILES string of the molecule is Cc1cc(Br)cnc1NC(=O)CCc1ccco1. The van der Waals surface area contributed by atoms with Crippen LogP contribution in [-0.4, -0.2) is 10.9 Å². The molecule has 0 aromatic carbocycles. The van der Waals surface area contributed by atoms with Gasteiger partial charge in [0, 0.05) is 23.5 Å². The number of carbonyl (C=O) groups excluding carboxylic acids is 1. The second-order valence-electron chi connectivity index (χ2n) is 3.95. The molecule has 0 aliphatic carbocycles. The summed E-state index contributed by atoms with van der Waals surface area (Å²) in [5.41, 5.74) is 0.927. The van der Waals surface area contributed by atoms with Gasteiger partial charge in [0.25, 0.3) is 0 Å². The summed E-state index contributed by atoms with van der Waals surface area (Å²) in [6.45, 7) is 1.90. The van der Waals surface area contributed by atoms with E-state index in [1.54, 1.807) is 12.5 Å². The maximum absolute atomic E-state index is 11.7. The highest BCUT2D eigenvalue weighted by molar-refractivity contribution is 9.10. The number of aromatic nitrogens is 1. The third-order valence-corrected chi connectivity index (χ3v) is 2.91. The molecular formula is C13H13BrN2O2. The summed E-state index contributed by atoms with van der Waals surface area (Å²) >= 11 is 3.33. The van der Waals surface area contributed by atoms with Gasteiger partial charge in [-0.05, 0) is 46.6 Å². The van der Waals surface area contributed by atoms with Crippen molar-refractivity contribution >= 4 is 27.7 Å². The minimum atomic E-state index is -0.0654. The summed E-state index contributed by atoms with van der Waals surface area (Å²) in [5, 5.41) is 2.79. The van der Waals surface area contributed by atoms with Crippen LogP contribution < -0.4 is 5.32 Å². The van der Waals surface area contributed by atoms with Gasteiger partial charge in [0.2, 0.25) is 5.91 Å². The van der Waals surface area contributed by atoms with Crippen molar-refractivity contribution in [2.75, 3.05) is 5.32 Å². The lowest BCUT2D eigenvalue weighted by molar-refractivity contribution is -0.116. The third-order valence-electron chi connectivity index (χ3n) is 2.48. The average Bonchev–Trinajstić information content (AvgIpc) is 2.83. The highest BCUT2D eigenvalue weighted by Gasteiger charge is 2.07. The zero-order valence-corrected chi connectivity index (χ0v) is 11.5. The van der Waals surface area contributed by atoms with E-state index >= 15 is 0 Å². The van der Waals surface area contributed by atoms with Crippen molar-refractivity contribution in [1.82, 2.24) is 4.98 Å². The van der Waals surface area contributed by atoms with E-state index in [1.807, 2.05) is 25.1 Å². The van der Waals surface area contributed by atoms with E-state index < -0.39 is 0 Å². The van der Waals surface area contributed by atoms with E-state index in [-0.39, 0.29) is 5.91 Å². The fraction of sp³-hybridized carbons (Fsp3) is 0.231. The van der Waals surface area contributed by atoms with E-state index in [0.29, 0.717) is 18.7 Å². The minimum absolute atomic E-state index is 0.0654. The Hall–Kier alpha value is -1.62. The summed E-state index contributed by atoms with van der Waals surface area (Å²) < 4.78 is 6.07. The largest absolute Gasteiger partial charge is 0.469 e. The van der Waals surface area contributed by atoms with Crippen LogP contribution in [0.4, 0.5) is 5.82 Å². The molecular weight excluding hydrogens is 296 g/mol. The predicted molar refractivity (Wildman–Crippen MR) is 72.3 cm³/mol. The zero-order valence-electron chi connectivity index (χ0n) is 9.94. The molecule has 0 aliphatic rings. The predicted octanol–water partition coefficient (Wildman–Crippen LogP) is 3.32. The molecule has 5 heteroatoms. The smallest absolute Gasteiger partial charge is 0.225 e. The first-order valence-electron chi connectivity index (χ1n) is 5.59. The van der Waals surface area contributed by atoms with Crippen LogP contribution in [-0.2, 0) is 11.2 Å². The van der Waals surface area contributed by atoms with Gasteiger partial charge in [-0.3, -0.25) is 4.79 Å². The standard InChI is InChI=1S/C13H13BrN2O2/c1-9-7-10(14)8-15-13(9)16-12(17)5-4-11-3-2-6-18-11/h2-3,6-8H,4-5H2,1H3,(H,15,16,17). The van der Waals surface area contributed by atoms with Crippen LogP contribution in [0, 0.1) is 6.92 Å². The number of rotatable bonds is 4. The molecule has 0 spiro atoms. The topological polar surface area (TPSA) is 55.1 Å². The Labute approximate surface area is 114 Å². The molecule has 0 fully saturated rings. The number of furan rings is 1. The highest BCUT2D eigenvalue weighted by Crippen LogP contribution is 2.17. The van der Waals surface area contributed by atoms with E-state index in [1.165, 1.54) is 0 Å². The summed E-state index contributed by atoms with van der Waals surface area (Å²) in [7, 11) is 0. The fourth-order valence-corrected chi connectivity index (χ4v) is 2.00. The molecule has 2 heterocycles. The number of carbonyl (C=O) groups is 1. The van der Waals surface area contributed by atoms with Gasteiger partial charge < -0.3 is 9.73 Å². The molecule has 0 aliphatic heterocycles. The van der Waals surface area contributed by atoms with Gasteiger partial charge in [-0.15, -0.1) is 0 Å². The lowest BCUT2D eigenvalue weighted by atomic mass is 10.2. The lowest BCUT2D eigenvalue weighted by Gasteiger charge is -2.06. The molecule has 2 aromatic heterocycles. The molecule has 2 rings (SSSR count). The first kappa shape index (κ1) is 12.8. The number of anilines is 1. The van der Waals surface area contributed by atoms with Gasteiger partial charge in [0.15, 0.2) is 0 Å². The van der Waals surface area contributed by atoms with Crippen LogP contribution in [0.5, 0.6) is 0 Å². The highest BCUT2D eigenvalue weighted by atomic mass is 79.9. The Morgan fingerprint density at radius 3 is 3.06 bits per heavy atom. The van der Waals surface area contributed by atoms with Crippen molar-refractivity contribution in [3.63, 3.8) is 0 Å². The minimum Gasteiger partial charge on any atom is -0.469 e. The molecule has 1 amide bonds. The van der Waals surface area contributed by atoms with Crippen molar-refractivity contribution < 1.29 is 9.21 Å². The Balaban J connectivity index is 1.91. The number of hydrogen-bond donors (Lipinski definition) is 1. The summed E-state index contributed by atoms with van der Waals surface area (Å²) in [6.07, 6.45) is 4.24. The average molecular weight is 309 g/mol. The lowest BCUT2D eigenvalue weighted by Crippen LogP contribution is -2.14. The molecule has 2 aromatic rings. The van der Waals surface area contributed by atoms with E-state index in [4.69, 9.17) is 4.42 Å². The first-order chi connectivity index (χ1) is 8.65. The van der Waals surface area contributed by atoms with Crippen LogP contribution in [0.1, 0.15) is 17.7 Å². The van der Waals surface area contributed by atoms with Gasteiger partial charge >= 0.3 is 0 Å². The second kappa shape index (κ2) is 5.82. The van der Waals surface area contributed by atoms with Crippen molar-refractivity contribution in [3.05, 3.63) is 46.5 Å².